The second kappa shape index (κ2) is 14.1. The molecule has 4 aliphatic heterocycles. The van der Waals surface area contributed by atoms with Gasteiger partial charge in [0.05, 0.1) is 0 Å². The first-order chi connectivity index (χ1) is 18.7. The van der Waals surface area contributed by atoms with E-state index < -0.39 is 11.2 Å². The van der Waals surface area contributed by atoms with Gasteiger partial charge < -0.3 is 25.4 Å². The Morgan fingerprint density at radius 2 is 1.79 bits per heavy atom. The van der Waals surface area contributed by atoms with Gasteiger partial charge in [0, 0.05) is 62.7 Å². The summed E-state index contributed by atoms with van der Waals surface area (Å²) >= 11 is -0.667. The number of piperidine rings is 2. The summed E-state index contributed by atoms with van der Waals surface area (Å²) in [6, 6.07) is 3.02. The van der Waals surface area contributed by atoms with Crippen molar-refractivity contribution in [2.45, 2.75) is 88.8 Å². The molecule has 4 fully saturated rings. The van der Waals surface area contributed by atoms with Crippen LogP contribution in [0.2, 0.25) is 0 Å². The number of rotatable bonds is 8. The highest BCUT2D eigenvalue weighted by Gasteiger charge is 2.38. The van der Waals surface area contributed by atoms with Gasteiger partial charge in [0.1, 0.15) is 17.3 Å². The molecule has 0 radical (unpaired) electrons. The molecule has 0 aliphatic carbocycles. The van der Waals surface area contributed by atoms with Crippen LogP contribution in [-0.2, 0) is 16.0 Å². The molecule has 0 spiro atoms. The Balaban J connectivity index is 1.26. The lowest BCUT2D eigenvalue weighted by Gasteiger charge is -2.46. The molecule has 2 atom stereocenters. The van der Waals surface area contributed by atoms with Gasteiger partial charge in [-0.25, -0.2) is 4.98 Å². The maximum Gasteiger partial charge on any atom is 0.224 e. The lowest BCUT2D eigenvalue weighted by molar-refractivity contribution is -0.125. The number of hydrogen-bond donors (Lipinski definition) is 3. The van der Waals surface area contributed by atoms with E-state index in [-0.39, 0.29) is 17.9 Å². The predicted molar refractivity (Wildman–Crippen MR) is 154 cm³/mol. The van der Waals surface area contributed by atoms with Crippen LogP contribution >= 0.6 is 0 Å². The molecule has 0 unspecified atom stereocenters. The fourth-order valence-electron chi connectivity index (χ4n) is 6.82. The molecule has 38 heavy (non-hydrogen) atoms. The molecular weight excluding hydrogens is 498 g/mol. The second-order valence-corrected chi connectivity index (χ2v) is 13.2. The van der Waals surface area contributed by atoms with E-state index in [0.717, 1.165) is 95.0 Å². The first-order valence-corrected chi connectivity index (χ1v) is 16.6. The average molecular weight is 546 g/mol. The SMILES string of the molecule is O=C(NCC[C@@H]1[C@@H](Nc2nccc(N3CCCCCC3)n2)CCCN1C1CC[S+]([O-])CC1)C1CCNCC1. The molecule has 0 saturated carbocycles. The molecule has 1 aromatic heterocycles. The van der Waals surface area contributed by atoms with E-state index >= 15 is 0 Å². The zero-order valence-electron chi connectivity index (χ0n) is 22.9. The summed E-state index contributed by atoms with van der Waals surface area (Å²) in [5.74, 6) is 3.69. The van der Waals surface area contributed by atoms with Crippen molar-refractivity contribution in [3.05, 3.63) is 12.3 Å². The monoisotopic (exact) mass is 545 g/mol. The standard InChI is InChI=1S/C28H47N7O2S/c36-27(22-7-13-29-14-8-22)30-15-9-25-24(6-5-19-35(25)23-11-20-38(37)21-12-23)32-28-31-16-10-26(33-28)34-17-3-1-2-4-18-34/h10,16,22-25,29H,1-9,11-15,17-21H2,(H,30,36)(H,31,32,33)/t23?,24-,25+,38?/m0/s1. The highest BCUT2D eigenvalue weighted by atomic mass is 32.2. The van der Waals surface area contributed by atoms with Crippen LogP contribution in [0.15, 0.2) is 12.3 Å². The van der Waals surface area contributed by atoms with E-state index in [2.05, 4.69) is 30.7 Å². The van der Waals surface area contributed by atoms with Crippen LogP contribution in [0.25, 0.3) is 0 Å². The van der Waals surface area contributed by atoms with E-state index in [1.165, 1.54) is 25.7 Å². The van der Waals surface area contributed by atoms with Gasteiger partial charge in [-0.15, -0.1) is 0 Å². The molecule has 0 aromatic carbocycles. The molecule has 4 saturated heterocycles. The maximum absolute atomic E-state index is 12.8. The van der Waals surface area contributed by atoms with Crippen LogP contribution in [0, 0.1) is 5.92 Å². The summed E-state index contributed by atoms with van der Waals surface area (Å²) in [5, 5.41) is 10.3. The number of anilines is 2. The number of carbonyl (C=O) groups excluding carboxylic acids is 1. The summed E-state index contributed by atoms with van der Waals surface area (Å²) in [4.78, 5) is 27.5. The van der Waals surface area contributed by atoms with Crippen LogP contribution in [0.3, 0.4) is 0 Å². The molecule has 212 valence electrons. The average Bonchev–Trinajstić information content (AvgIpc) is 3.25. The van der Waals surface area contributed by atoms with Crippen molar-refractivity contribution in [1.82, 2.24) is 25.5 Å². The van der Waals surface area contributed by atoms with E-state index in [4.69, 9.17) is 4.98 Å². The Hall–Kier alpha value is -1.62. The lowest BCUT2D eigenvalue weighted by Crippen LogP contribution is -2.57. The molecule has 1 aromatic rings. The summed E-state index contributed by atoms with van der Waals surface area (Å²) in [7, 11) is 0. The van der Waals surface area contributed by atoms with Gasteiger partial charge >= 0.3 is 0 Å². The summed E-state index contributed by atoms with van der Waals surface area (Å²) in [5.41, 5.74) is 0. The minimum Gasteiger partial charge on any atom is -0.616 e. The summed E-state index contributed by atoms with van der Waals surface area (Å²) in [6.45, 7) is 5.75. The van der Waals surface area contributed by atoms with Crippen molar-refractivity contribution in [2.24, 2.45) is 5.92 Å². The fraction of sp³-hybridized carbons (Fsp3) is 0.821. The van der Waals surface area contributed by atoms with E-state index in [1.54, 1.807) is 0 Å². The van der Waals surface area contributed by atoms with Crippen molar-refractivity contribution in [1.29, 1.82) is 0 Å². The molecular formula is C28H47N7O2S. The highest BCUT2D eigenvalue weighted by molar-refractivity contribution is 7.91. The lowest BCUT2D eigenvalue weighted by atomic mass is 9.90. The van der Waals surface area contributed by atoms with E-state index in [9.17, 15) is 9.35 Å². The second-order valence-electron chi connectivity index (χ2n) is 11.5. The van der Waals surface area contributed by atoms with Crippen LogP contribution in [0.1, 0.15) is 70.6 Å². The van der Waals surface area contributed by atoms with Gasteiger partial charge in [0.2, 0.25) is 11.9 Å². The Morgan fingerprint density at radius 1 is 1.03 bits per heavy atom. The third kappa shape index (κ3) is 7.52. The first kappa shape index (κ1) is 27.9. The molecule has 10 heteroatoms. The van der Waals surface area contributed by atoms with Crippen molar-refractivity contribution >= 4 is 28.8 Å². The minimum absolute atomic E-state index is 0.135. The van der Waals surface area contributed by atoms with Gasteiger partial charge in [-0.1, -0.05) is 24.0 Å². The van der Waals surface area contributed by atoms with Crippen LogP contribution < -0.4 is 20.9 Å². The largest absolute Gasteiger partial charge is 0.616 e. The molecule has 4 aliphatic rings. The molecule has 3 N–H and O–H groups in total. The maximum atomic E-state index is 12.8. The number of nitrogens with one attached hydrogen (secondary N) is 3. The van der Waals surface area contributed by atoms with Crippen LogP contribution in [0.5, 0.6) is 0 Å². The van der Waals surface area contributed by atoms with Gasteiger partial charge in [-0.2, -0.15) is 4.98 Å². The van der Waals surface area contributed by atoms with Crippen molar-refractivity contribution in [3.8, 4) is 0 Å². The van der Waals surface area contributed by atoms with E-state index in [1.807, 2.05) is 12.3 Å². The number of nitrogens with zero attached hydrogens (tertiary/aromatic N) is 4. The van der Waals surface area contributed by atoms with Gasteiger partial charge in [0.25, 0.3) is 0 Å². The van der Waals surface area contributed by atoms with Crippen molar-refractivity contribution < 1.29 is 9.35 Å². The number of amides is 1. The number of hydrogen-bond acceptors (Lipinski definition) is 8. The Morgan fingerprint density at radius 3 is 2.55 bits per heavy atom. The number of likely N-dealkylation sites (tertiary alicyclic amines) is 1. The Bertz CT molecular complexity index is 871. The fourth-order valence-corrected chi connectivity index (χ4v) is 8.09. The quantitative estimate of drug-likeness (QED) is 0.428. The van der Waals surface area contributed by atoms with Crippen LogP contribution in [-0.4, -0.2) is 94.2 Å². The molecule has 1 amide bonds. The van der Waals surface area contributed by atoms with Gasteiger partial charge in [-0.3, -0.25) is 9.69 Å². The van der Waals surface area contributed by atoms with Gasteiger partial charge in [-0.05, 0) is 70.6 Å². The minimum atomic E-state index is -0.667. The predicted octanol–water partition coefficient (Wildman–Crippen LogP) is 2.52. The zero-order valence-corrected chi connectivity index (χ0v) is 23.7. The molecule has 0 bridgehead atoms. The molecule has 5 rings (SSSR count). The van der Waals surface area contributed by atoms with E-state index in [0.29, 0.717) is 24.6 Å². The number of carbonyl (C=O) groups is 1. The Kier molecular flexibility index (Phi) is 10.4. The smallest absolute Gasteiger partial charge is 0.224 e. The van der Waals surface area contributed by atoms with Crippen molar-refractivity contribution in [3.63, 3.8) is 0 Å². The highest BCUT2D eigenvalue weighted by Crippen LogP contribution is 2.30. The molecule has 9 nitrogen and oxygen atoms in total. The van der Waals surface area contributed by atoms with Crippen molar-refractivity contribution in [2.75, 3.05) is 61.0 Å². The normalized spacial score (nSPS) is 30.0. The van der Waals surface area contributed by atoms with Gasteiger partial charge in [0.15, 0.2) is 0 Å². The Labute approximate surface area is 231 Å². The zero-order chi connectivity index (χ0) is 26.2. The third-order valence-corrected chi connectivity index (χ3v) is 10.4. The summed E-state index contributed by atoms with van der Waals surface area (Å²) < 4.78 is 12.1. The topological polar surface area (TPSA) is 108 Å². The third-order valence-electron chi connectivity index (χ3n) is 8.98. The first-order valence-electron chi connectivity index (χ1n) is 15.1. The summed E-state index contributed by atoms with van der Waals surface area (Å²) in [6.07, 6.45) is 13.9. The number of aromatic nitrogens is 2. The molecule has 5 heterocycles. The van der Waals surface area contributed by atoms with Crippen LogP contribution in [0.4, 0.5) is 11.8 Å².